The standard InChI is InChI=1S/C26H31BrN4O4/c1-32-18-7-9-22(27)24(15-18)28-25-21-8-6-19(34-14-12-31-10-2-3-11-31)16-23(21)29-26(30-25)35-20-5-4-13-33-17-20/h6-9,15-16,20H,2-5,10-14,17H2,1H3,(H,28,29,30). The lowest BCUT2D eigenvalue weighted by molar-refractivity contribution is 0.00360. The molecule has 35 heavy (non-hydrogen) atoms. The summed E-state index contributed by atoms with van der Waals surface area (Å²) in [7, 11) is 1.65. The molecule has 3 aromatic rings. The molecule has 0 spiro atoms. The molecule has 0 aliphatic carbocycles. The van der Waals surface area contributed by atoms with Crippen molar-refractivity contribution < 1.29 is 18.9 Å². The fraction of sp³-hybridized carbons (Fsp3) is 0.462. The third-order valence-corrected chi connectivity index (χ3v) is 7.03. The zero-order valence-electron chi connectivity index (χ0n) is 20.0. The Morgan fingerprint density at radius 3 is 2.74 bits per heavy atom. The van der Waals surface area contributed by atoms with Crippen LogP contribution in [0.4, 0.5) is 11.5 Å². The van der Waals surface area contributed by atoms with E-state index in [1.165, 1.54) is 12.8 Å². The van der Waals surface area contributed by atoms with E-state index >= 15 is 0 Å². The SMILES string of the molecule is COc1ccc(Br)c(Nc2nc(OC3CCCOC3)nc3cc(OCCN4CCCC4)ccc23)c1. The molecule has 0 saturated carbocycles. The summed E-state index contributed by atoms with van der Waals surface area (Å²) in [5.41, 5.74) is 1.59. The van der Waals surface area contributed by atoms with E-state index in [4.69, 9.17) is 28.9 Å². The maximum atomic E-state index is 6.13. The molecule has 2 aliphatic heterocycles. The number of likely N-dealkylation sites (tertiary alicyclic amines) is 1. The summed E-state index contributed by atoms with van der Waals surface area (Å²) in [5.74, 6) is 2.19. The summed E-state index contributed by atoms with van der Waals surface area (Å²) in [4.78, 5) is 11.9. The Morgan fingerprint density at radius 2 is 1.94 bits per heavy atom. The van der Waals surface area contributed by atoms with Gasteiger partial charge in [-0.05, 0) is 79.0 Å². The lowest BCUT2D eigenvalue weighted by Crippen LogP contribution is -2.28. The Labute approximate surface area is 214 Å². The first-order chi connectivity index (χ1) is 17.2. The predicted octanol–water partition coefficient (Wildman–Crippen LogP) is 5.18. The average Bonchev–Trinajstić information content (AvgIpc) is 3.39. The van der Waals surface area contributed by atoms with E-state index in [0.717, 1.165) is 71.6 Å². The molecule has 0 amide bonds. The van der Waals surface area contributed by atoms with Crippen molar-refractivity contribution in [3.05, 3.63) is 40.9 Å². The molecular weight excluding hydrogens is 512 g/mol. The molecule has 0 bridgehead atoms. The maximum absolute atomic E-state index is 6.13. The fourth-order valence-corrected chi connectivity index (χ4v) is 4.78. The average molecular weight is 543 g/mol. The van der Waals surface area contributed by atoms with Crippen LogP contribution < -0.4 is 19.5 Å². The number of fused-ring (bicyclic) bond motifs is 1. The van der Waals surface area contributed by atoms with Crippen LogP contribution in [0.1, 0.15) is 25.7 Å². The molecule has 1 unspecified atom stereocenters. The predicted molar refractivity (Wildman–Crippen MR) is 139 cm³/mol. The number of hydrogen-bond donors (Lipinski definition) is 1. The Balaban J connectivity index is 1.42. The van der Waals surface area contributed by atoms with Gasteiger partial charge in [0, 0.05) is 35.1 Å². The molecule has 1 aromatic heterocycles. The molecular formula is C26H31BrN4O4. The number of ether oxygens (including phenoxy) is 4. The highest BCUT2D eigenvalue weighted by molar-refractivity contribution is 9.10. The zero-order valence-corrected chi connectivity index (χ0v) is 21.6. The van der Waals surface area contributed by atoms with E-state index in [0.29, 0.717) is 25.0 Å². The van der Waals surface area contributed by atoms with E-state index < -0.39 is 0 Å². The summed E-state index contributed by atoms with van der Waals surface area (Å²) in [5, 5.41) is 4.30. The molecule has 8 nitrogen and oxygen atoms in total. The smallest absolute Gasteiger partial charge is 0.319 e. The molecule has 5 rings (SSSR count). The first kappa shape index (κ1) is 24.1. The van der Waals surface area contributed by atoms with Gasteiger partial charge in [0.2, 0.25) is 0 Å². The lowest BCUT2D eigenvalue weighted by atomic mass is 10.2. The highest BCUT2D eigenvalue weighted by Crippen LogP contribution is 2.34. The van der Waals surface area contributed by atoms with Crippen molar-refractivity contribution in [3.8, 4) is 17.5 Å². The first-order valence-corrected chi connectivity index (χ1v) is 13.0. The van der Waals surface area contributed by atoms with Gasteiger partial charge in [0.15, 0.2) is 0 Å². The van der Waals surface area contributed by atoms with Crippen LogP contribution in [0.3, 0.4) is 0 Å². The van der Waals surface area contributed by atoms with E-state index in [1.54, 1.807) is 7.11 Å². The van der Waals surface area contributed by atoms with Gasteiger partial charge in [-0.3, -0.25) is 4.90 Å². The Hall–Kier alpha value is -2.62. The third kappa shape index (κ3) is 6.15. The molecule has 2 fully saturated rings. The van der Waals surface area contributed by atoms with Crippen molar-refractivity contribution in [2.75, 3.05) is 51.9 Å². The summed E-state index contributed by atoms with van der Waals surface area (Å²) < 4.78 is 24.1. The van der Waals surface area contributed by atoms with Crippen molar-refractivity contribution in [2.45, 2.75) is 31.8 Å². The second kappa shape index (κ2) is 11.4. The van der Waals surface area contributed by atoms with Crippen molar-refractivity contribution in [3.63, 3.8) is 0 Å². The van der Waals surface area contributed by atoms with Crippen LogP contribution in [0.5, 0.6) is 17.5 Å². The quantitative estimate of drug-likeness (QED) is 0.396. The largest absolute Gasteiger partial charge is 0.497 e. The molecule has 3 heterocycles. The summed E-state index contributed by atoms with van der Waals surface area (Å²) in [6.07, 6.45) is 4.39. The van der Waals surface area contributed by atoms with Gasteiger partial charge in [0.25, 0.3) is 0 Å². The number of aromatic nitrogens is 2. The number of benzene rings is 2. The second-order valence-electron chi connectivity index (χ2n) is 8.86. The van der Waals surface area contributed by atoms with Crippen LogP contribution in [0.15, 0.2) is 40.9 Å². The summed E-state index contributed by atoms with van der Waals surface area (Å²) >= 11 is 3.61. The highest BCUT2D eigenvalue weighted by atomic mass is 79.9. The minimum Gasteiger partial charge on any atom is -0.497 e. The van der Waals surface area contributed by atoms with Gasteiger partial charge in [0.1, 0.15) is 30.0 Å². The number of nitrogens with zero attached hydrogens (tertiary/aromatic N) is 3. The van der Waals surface area contributed by atoms with Crippen LogP contribution in [0.2, 0.25) is 0 Å². The van der Waals surface area contributed by atoms with Crippen molar-refractivity contribution in [1.29, 1.82) is 0 Å². The summed E-state index contributed by atoms with van der Waals surface area (Å²) in [6.45, 7) is 5.23. The molecule has 2 aliphatic rings. The van der Waals surface area contributed by atoms with Crippen molar-refractivity contribution in [2.24, 2.45) is 0 Å². The van der Waals surface area contributed by atoms with Gasteiger partial charge in [0.05, 0.1) is 24.9 Å². The van der Waals surface area contributed by atoms with E-state index in [2.05, 4.69) is 26.1 Å². The Kier molecular flexibility index (Phi) is 7.85. The van der Waals surface area contributed by atoms with E-state index in [9.17, 15) is 0 Å². The number of hydrogen-bond acceptors (Lipinski definition) is 8. The molecule has 9 heteroatoms. The van der Waals surface area contributed by atoms with E-state index in [-0.39, 0.29) is 6.10 Å². The maximum Gasteiger partial charge on any atom is 0.319 e. The summed E-state index contributed by atoms with van der Waals surface area (Å²) in [6, 6.07) is 12.0. The van der Waals surface area contributed by atoms with Gasteiger partial charge in [-0.25, -0.2) is 0 Å². The first-order valence-electron chi connectivity index (χ1n) is 12.2. The van der Waals surface area contributed by atoms with Crippen LogP contribution >= 0.6 is 15.9 Å². The normalized spacial score (nSPS) is 18.5. The van der Waals surface area contributed by atoms with Gasteiger partial charge in [-0.1, -0.05) is 0 Å². The Morgan fingerprint density at radius 1 is 1.09 bits per heavy atom. The Bertz CT molecular complexity index is 1150. The number of nitrogens with one attached hydrogen (secondary N) is 1. The minimum atomic E-state index is -0.0579. The molecule has 186 valence electrons. The zero-order chi connectivity index (χ0) is 24.0. The molecule has 1 atom stereocenters. The van der Waals surface area contributed by atoms with Gasteiger partial charge >= 0.3 is 6.01 Å². The van der Waals surface area contributed by atoms with Crippen LogP contribution in [-0.2, 0) is 4.74 Å². The topological polar surface area (TPSA) is 78.0 Å². The molecule has 2 saturated heterocycles. The van der Waals surface area contributed by atoms with Crippen molar-refractivity contribution >= 4 is 38.3 Å². The van der Waals surface area contributed by atoms with Crippen LogP contribution in [0, 0.1) is 0 Å². The fourth-order valence-electron chi connectivity index (χ4n) is 4.43. The molecule has 0 radical (unpaired) electrons. The second-order valence-corrected chi connectivity index (χ2v) is 9.71. The molecule has 1 N–H and O–H groups in total. The van der Waals surface area contributed by atoms with E-state index in [1.807, 2.05) is 36.4 Å². The third-order valence-electron chi connectivity index (χ3n) is 6.34. The highest BCUT2D eigenvalue weighted by Gasteiger charge is 2.19. The minimum absolute atomic E-state index is 0.0579. The molecule has 2 aromatic carbocycles. The number of anilines is 2. The van der Waals surface area contributed by atoms with Gasteiger partial charge < -0.3 is 24.3 Å². The monoisotopic (exact) mass is 542 g/mol. The van der Waals surface area contributed by atoms with Crippen molar-refractivity contribution in [1.82, 2.24) is 14.9 Å². The van der Waals surface area contributed by atoms with Crippen LogP contribution in [-0.4, -0.2) is 67.5 Å². The number of halogens is 1. The number of rotatable bonds is 9. The van der Waals surface area contributed by atoms with Gasteiger partial charge in [-0.2, -0.15) is 9.97 Å². The van der Waals surface area contributed by atoms with Crippen LogP contribution in [0.25, 0.3) is 10.9 Å². The van der Waals surface area contributed by atoms with Gasteiger partial charge in [-0.15, -0.1) is 0 Å². The number of methoxy groups -OCH3 is 1. The lowest BCUT2D eigenvalue weighted by Gasteiger charge is -2.22.